The molecule has 0 atom stereocenters. The number of piperidine rings is 1. The van der Waals surface area contributed by atoms with Crippen LogP contribution in [0.4, 0.5) is 0 Å². The van der Waals surface area contributed by atoms with E-state index >= 15 is 0 Å². The number of nitrogens with zero attached hydrogens (tertiary/aromatic N) is 1. The lowest BCUT2D eigenvalue weighted by molar-refractivity contribution is -0.228. The average molecular weight is 399 g/mol. The summed E-state index contributed by atoms with van der Waals surface area (Å²) in [6.45, 7) is 3.32. The molecule has 1 aromatic carbocycles. The van der Waals surface area contributed by atoms with Crippen LogP contribution in [0.25, 0.3) is 0 Å². The minimum absolute atomic E-state index is 0.325. The Hall–Kier alpha value is -0.580. The highest BCUT2D eigenvalue weighted by Crippen LogP contribution is 2.73. The van der Waals surface area contributed by atoms with Gasteiger partial charge < -0.3 is 10.0 Å². The number of aliphatic carboxylic acids is 1. The zero-order valence-electron chi connectivity index (χ0n) is 13.0. The molecule has 1 aromatic rings. The van der Waals surface area contributed by atoms with Crippen LogP contribution in [0.3, 0.4) is 0 Å². The normalized spacial score (nSPS) is 33.8. The molecule has 3 nitrogen and oxygen atoms in total. The number of hydrogen-bond acceptors (Lipinski definition) is 2. The second-order valence-electron chi connectivity index (χ2n) is 7.83. The lowest BCUT2D eigenvalue weighted by Crippen LogP contribution is -2.68. The third kappa shape index (κ3) is 2.63. The zero-order valence-corrected chi connectivity index (χ0v) is 15.4. The highest BCUT2D eigenvalue weighted by molar-refractivity contribution is 9.10. The minimum Gasteiger partial charge on any atom is -0.481 e. The molecule has 2 bridgehead atoms. The molecule has 4 aliphatic rings. The second-order valence-corrected chi connectivity index (χ2v) is 9.12. The van der Waals surface area contributed by atoms with Crippen molar-refractivity contribution < 1.29 is 9.90 Å². The van der Waals surface area contributed by atoms with E-state index in [1.54, 1.807) is 0 Å². The summed E-state index contributed by atoms with van der Waals surface area (Å²) < 4.78 is 1.12. The van der Waals surface area contributed by atoms with Crippen molar-refractivity contribution in [2.45, 2.75) is 38.0 Å². The van der Waals surface area contributed by atoms with E-state index in [4.69, 9.17) is 11.6 Å². The zero-order chi connectivity index (χ0) is 16.2. The maximum absolute atomic E-state index is 11.2. The van der Waals surface area contributed by atoms with E-state index in [0.29, 0.717) is 11.3 Å². The van der Waals surface area contributed by atoms with E-state index < -0.39 is 5.97 Å². The largest absolute Gasteiger partial charge is 0.481 e. The van der Waals surface area contributed by atoms with E-state index in [1.807, 2.05) is 12.1 Å². The standard InChI is InChI=1S/C18H21BrClNO2/c19-15-7-13(20)1-2-14(15)12-3-5-21(6-4-12)11-17-8-18(9-17,10-17)16(22)23/h1-2,7,12H,3-6,8-11H2,(H,22,23). The van der Waals surface area contributed by atoms with Gasteiger partial charge >= 0.3 is 5.97 Å². The third-order valence-corrected chi connectivity index (χ3v) is 7.06. The maximum atomic E-state index is 11.2. The molecular weight excluding hydrogens is 378 g/mol. The van der Waals surface area contributed by atoms with Crippen molar-refractivity contribution in [1.82, 2.24) is 4.90 Å². The van der Waals surface area contributed by atoms with Crippen LogP contribution in [-0.2, 0) is 4.79 Å². The number of carboxylic acids is 1. The van der Waals surface area contributed by atoms with Crippen molar-refractivity contribution in [2.24, 2.45) is 10.8 Å². The van der Waals surface area contributed by atoms with Crippen LogP contribution >= 0.6 is 27.5 Å². The summed E-state index contributed by atoms with van der Waals surface area (Å²) in [5.74, 6) is 0.0157. The average Bonchev–Trinajstić information content (AvgIpc) is 2.42. The maximum Gasteiger partial charge on any atom is 0.309 e. The van der Waals surface area contributed by atoms with Gasteiger partial charge in [0.05, 0.1) is 5.41 Å². The van der Waals surface area contributed by atoms with Gasteiger partial charge in [-0.25, -0.2) is 0 Å². The molecule has 1 saturated heterocycles. The van der Waals surface area contributed by atoms with Gasteiger partial charge in [-0.1, -0.05) is 33.6 Å². The molecule has 4 fully saturated rings. The molecule has 0 amide bonds. The van der Waals surface area contributed by atoms with Gasteiger partial charge in [0.1, 0.15) is 0 Å². The predicted molar refractivity (Wildman–Crippen MR) is 93.9 cm³/mol. The van der Waals surface area contributed by atoms with Crippen molar-refractivity contribution >= 4 is 33.5 Å². The number of benzene rings is 1. The van der Waals surface area contributed by atoms with E-state index in [-0.39, 0.29) is 5.41 Å². The molecule has 3 aliphatic carbocycles. The lowest BCUT2D eigenvalue weighted by atomic mass is 9.35. The Balaban J connectivity index is 1.31. The molecule has 0 spiro atoms. The topological polar surface area (TPSA) is 40.5 Å². The van der Waals surface area contributed by atoms with Gasteiger partial charge in [0, 0.05) is 16.0 Å². The van der Waals surface area contributed by atoms with Crippen molar-refractivity contribution in [3.05, 3.63) is 33.3 Å². The van der Waals surface area contributed by atoms with Gasteiger partial charge in [-0.15, -0.1) is 0 Å². The van der Waals surface area contributed by atoms with Crippen LogP contribution < -0.4 is 0 Å². The molecular formula is C18H21BrClNO2. The SMILES string of the molecule is O=C(O)C12CC(CN3CCC(c4ccc(Cl)cc4Br)CC3)(C1)C2. The Morgan fingerprint density at radius 1 is 1.30 bits per heavy atom. The Bertz CT molecular complexity index is 635. The van der Waals surface area contributed by atoms with E-state index in [1.165, 1.54) is 18.4 Å². The number of likely N-dealkylation sites (tertiary alicyclic amines) is 1. The first-order chi connectivity index (χ1) is 10.9. The van der Waals surface area contributed by atoms with Crippen molar-refractivity contribution in [3.63, 3.8) is 0 Å². The fourth-order valence-corrected chi connectivity index (χ4v) is 6.11. The molecule has 1 heterocycles. The van der Waals surface area contributed by atoms with Crippen LogP contribution in [0, 0.1) is 10.8 Å². The monoisotopic (exact) mass is 397 g/mol. The quantitative estimate of drug-likeness (QED) is 0.809. The van der Waals surface area contributed by atoms with E-state index in [0.717, 1.165) is 48.4 Å². The highest BCUT2D eigenvalue weighted by Gasteiger charge is 2.71. The smallest absolute Gasteiger partial charge is 0.309 e. The molecule has 23 heavy (non-hydrogen) atoms. The summed E-state index contributed by atoms with van der Waals surface area (Å²) in [5, 5.41) is 10.0. The van der Waals surface area contributed by atoms with Crippen molar-refractivity contribution in [2.75, 3.05) is 19.6 Å². The van der Waals surface area contributed by atoms with Crippen LogP contribution in [0.15, 0.2) is 22.7 Å². The fraction of sp³-hybridized carbons (Fsp3) is 0.611. The molecule has 1 aliphatic heterocycles. The van der Waals surface area contributed by atoms with Gasteiger partial charge in [0.25, 0.3) is 0 Å². The first kappa shape index (κ1) is 15.9. The van der Waals surface area contributed by atoms with Crippen LogP contribution in [0.2, 0.25) is 5.02 Å². The fourth-order valence-electron chi connectivity index (χ4n) is 5.10. The summed E-state index contributed by atoms with van der Waals surface area (Å²) in [7, 11) is 0. The number of halogens is 2. The lowest BCUT2D eigenvalue weighted by Gasteiger charge is -2.69. The Morgan fingerprint density at radius 3 is 2.52 bits per heavy atom. The first-order valence-electron chi connectivity index (χ1n) is 8.32. The van der Waals surface area contributed by atoms with Gasteiger partial charge in [-0.2, -0.15) is 0 Å². The molecule has 1 N–H and O–H groups in total. The number of hydrogen-bond donors (Lipinski definition) is 1. The van der Waals surface area contributed by atoms with Crippen LogP contribution in [-0.4, -0.2) is 35.6 Å². The van der Waals surface area contributed by atoms with Crippen molar-refractivity contribution in [3.8, 4) is 0 Å². The Kier molecular flexibility index (Phi) is 3.78. The molecule has 3 saturated carbocycles. The van der Waals surface area contributed by atoms with Crippen molar-refractivity contribution in [1.29, 1.82) is 0 Å². The van der Waals surface area contributed by atoms with Gasteiger partial charge in [-0.05, 0) is 74.2 Å². The Labute approximate surface area is 150 Å². The molecule has 124 valence electrons. The number of carboxylic acid groups (broad SMARTS) is 1. The second kappa shape index (κ2) is 5.47. The summed E-state index contributed by atoms with van der Waals surface area (Å²) in [4.78, 5) is 13.8. The molecule has 5 heteroatoms. The summed E-state index contributed by atoms with van der Waals surface area (Å²) >= 11 is 9.67. The summed E-state index contributed by atoms with van der Waals surface area (Å²) in [6.07, 6.45) is 5.04. The third-order valence-electron chi connectivity index (χ3n) is 6.14. The number of rotatable bonds is 4. The van der Waals surface area contributed by atoms with Crippen LogP contribution in [0.5, 0.6) is 0 Å². The van der Waals surface area contributed by atoms with E-state index in [9.17, 15) is 9.90 Å². The highest BCUT2D eigenvalue weighted by atomic mass is 79.9. The molecule has 0 radical (unpaired) electrons. The predicted octanol–water partition coefficient (Wildman–Crippen LogP) is 4.54. The van der Waals surface area contributed by atoms with Gasteiger partial charge in [0.2, 0.25) is 0 Å². The van der Waals surface area contributed by atoms with E-state index in [2.05, 4.69) is 26.9 Å². The van der Waals surface area contributed by atoms with Crippen LogP contribution in [0.1, 0.15) is 43.6 Å². The molecule has 0 aromatic heterocycles. The summed E-state index contributed by atoms with van der Waals surface area (Å²) in [5.41, 5.74) is 1.35. The molecule has 0 unspecified atom stereocenters. The molecule has 5 rings (SSSR count). The van der Waals surface area contributed by atoms with Gasteiger partial charge in [0.15, 0.2) is 0 Å². The van der Waals surface area contributed by atoms with Gasteiger partial charge in [-0.3, -0.25) is 4.79 Å². The summed E-state index contributed by atoms with van der Waals surface area (Å²) in [6, 6.07) is 6.10. The Morgan fingerprint density at radius 2 is 1.96 bits per heavy atom. The first-order valence-corrected chi connectivity index (χ1v) is 9.49. The minimum atomic E-state index is -0.578. The number of carbonyl (C=O) groups is 1.